The lowest BCUT2D eigenvalue weighted by Crippen LogP contribution is -2.40. The number of ether oxygens (including phenoxy) is 1. The van der Waals surface area contributed by atoms with Crippen molar-refractivity contribution in [2.75, 3.05) is 26.8 Å². The SMILES string of the molecule is COCC1(C(=O)O)CCN(C(=O)c2ccn(-c3ccc(Cl)c(Cl)c3)n2)C1. The van der Waals surface area contributed by atoms with Crippen LogP contribution in [-0.4, -0.2) is 58.5 Å². The Morgan fingerprint density at radius 1 is 1.31 bits per heavy atom. The number of hydrogen-bond acceptors (Lipinski definition) is 4. The smallest absolute Gasteiger partial charge is 0.313 e. The number of methoxy groups -OCH3 is 1. The molecule has 1 unspecified atom stereocenters. The maximum Gasteiger partial charge on any atom is 0.313 e. The minimum atomic E-state index is -1.07. The number of likely N-dealkylation sites (tertiary alicyclic amines) is 1. The van der Waals surface area contributed by atoms with Crippen molar-refractivity contribution in [3.63, 3.8) is 0 Å². The van der Waals surface area contributed by atoms with Crippen molar-refractivity contribution in [3.8, 4) is 5.69 Å². The zero-order chi connectivity index (χ0) is 18.9. The fraction of sp³-hybridized carbons (Fsp3) is 0.353. The lowest BCUT2D eigenvalue weighted by Gasteiger charge is -2.23. The molecule has 0 spiro atoms. The first-order valence-electron chi connectivity index (χ1n) is 7.89. The highest BCUT2D eigenvalue weighted by atomic mass is 35.5. The molecule has 1 aromatic heterocycles. The van der Waals surface area contributed by atoms with Gasteiger partial charge in [-0.15, -0.1) is 0 Å². The van der Waals surface area contributed by atoms with E-state index in [0.29, 0.717) is 28.7 Å². The molecule has 7 nitrogen and oxygen atoms in total. The molecule has 1 saturated heterocycles. The van der Waals surface area contributed by atoms with Crippen molar-refractivity contribution in [1.29, 1.82) is 0 Å². The monoisotopic (exact) mass is 397 g/mol. The van der Waals surface area contributed by atoms with Crippen molar-refractivity contribution in [3.05, 3.63) is 46.2 Å². The number of aromatic nitrogens is 2. The summed E-state index contributed by atoms with van der Waals surface area (Å²) in [5.41, 5.74) is -0.176. The number of nitrogens with zero attached hydrogens (tertiary/aromatic N) is 3. The van der Waals surface area contributed by atoms with E-state index >= 15 is 0 Å². The normalized spacial score (nSPS) is 19.7. The van der Waals surface area contributed by atoms with E-state index in [2.05, 4.69) is 5.10 Å². The maximum atomic E-state index is 12.7. The van der Waals surface area contributed by atoms with Crippen LogP contribution in [-0.2, 0) is 9.53 Å². The lowest BCUT2D eigenvalue weighted by molar-refractivity contribution is -0.151. The van der Waals surface area contributed by atoms with Crippen LogP contribution in [0.2, 0.25) is 10.0 Å². The van der Waals surface area contributed by atoms with Gasteiger partial charge in [-0.3, -0.25) is 9.59 Å². The van der Waals surface area contributed by atoms with Gasteiger partial charge >= 0.3 is 5.97 Å². The third kappa shape index (κ3) is 3.42. The molecule has 26 heavy (non-hydrogen) atoms. The number of carbonyl (C=O) groups excluding carboxylic acids is 1. The van der Waals surface area contributed by atoms with Gasteiger partial charge in [0.05, 0.1) is 22.3 Å². The number of hydrogen-bond donors (Lipinski definition) is 1. The minimum absolute atomic E-state index is 0.0594. The molecule has 3 rings (SSSR count). The molecule has 0 aliphatic carbocycles. The van der Waals surface area contributed by atoms with Gasteiger partial charge in [-0.1, -0.05) is 23.2 Å². The molecular formula is C17H17Cl2N3O4. The topological polar surface area (TPSA) is 84.7 Å². The number of carboxylic acids is 1. The van der Waals surface area contributed by atoms with Gasteiger partial charge in [-0.05, 0) is 30.7 Å². The predicted octanol–water partition coefficient (Wildman–Crippen LogP) is 2.74. The summed E-state index contributed by atoms with van der Waals surface area (Å²) in [4.78, 5) is 25.8. The Bertz CT molecular complexity index is 854. The standard InChI is InChI=1S/C17H17Cl2N3O4/c1-26-10-17(16(24)25)5-7-21(9-17)15(23)14-4-6-22(20-14)11-2-3-12(18)13(19)8-11/h2-4,6,8H,5,7,9-10H2,1H3,(H,24,25). The van der Waals surface area contributed by atoms with Crippen LogP contribution < -0.4 is 0 Å². The molecule has 138 valence electrons. The first-order chi connectivity index (χ1) is 12.4. The number of rotatable bonds is 5. The van der Waals surface area contributed by atoms with E-state index in [4.69, 9.17) is 27.9 Å². The summed E-state index contributed by atoms with van der Waals surface area (Å²) in [7, 11) is 1.45. The summed E-state index contributed by atoms with van der Waals surface area (Å²) >= 11 is 11.9. The molecule has 1 aliphatic heterocycles. The molecule has 9 heteroatoms. The van der Waals surface area contributed by atoms with Crippen LogP contribution in [0.3, 0.4) is 0 Å². The first-order valence-corrected chi connectivity index (χ1v) is 8.64. The Morgan fingerprint density at radius 2 is 2.08 bits per heavy atom. The number of aliphatic carboxylic acids is 1. The molecule has 1 aliphatic rings. The molecule has 0 radical (unpaired) electrons. The van der Waals surface area contributed by atoms with Crippen LogP contribution in [0.25, 0.3) is 5.69 Å². The number of carboxylic acid groups (broad SMARTS) is 1. The zero-order valence-corrected chi connectivity index (χ0v) is 15.5. The Morgan fingerprint density at radius 3 is 2.73 bits per heavy atom. The summed E-state index contributed by atoms with van der Waals surface area (Å²) in [5, 5.41) is 14.6. The zero-order valence-electron chi connectivity index (χ0n) is 14.0. The van der Waals surface area contributed by atoms with E-state index in [0.717, 1.165) is 0 Å². The molecule has 1 N–H and O–H groups in total. The highest BCUT2D eigenvalue weighted by Crippen LogP contribution is 2.32. The molecule has 0 bridgehead atoms. The largest absolute Gasteiger partial charge is 0.481 e. The fourth-order valence-corrected chi connectivity index (χ4v) is 3.34. The Balaban J connectivity index is 1.78. The molecule has 2 aromatic rings. The van der Waals surface area contributed by atoms with Gasteiger partial charge in [0.25, 0.3) is 5.91 Å². The number of amides is 1. The van der Waals surface area contributed by atoms with Gasteiger partial charge in [-0.2, -0.15) is 5.10 Å². The Hall–Kier alpha value is -2.09. The first kappa shape index (κ1) is 18.7. The summed E-state index contributed by atoms with van der Waals surface area (Å²) < 4.78 is 6.56. The summed E-state index contributed by atoms with van der Waals surface area (Å²) in [6.45, 7) is 0.493. The third-order valence-corrected chi connectivity index (χ3v) is 5.23. The number of benzene rings is 1. The van der Waals surface area contributed by atoms with E-state index in [1.165, 1.54) is 16.7 Å². The number of halogens is 2. The molecule has 1 fully saturated rings. The van der Waals surface area contributed by atoms with E-state index in [1.54, 1.807) is 30.5 Å². The van der Waals surface area contributed by atoms with Crippen LogP contribution >= 0.6 is 23.2 Å². The number of carbonyl (C=O) groups is 2. The minimum Gasteiger partial charge on any atom is -0.481 e. The summed E-state index contributed by atoms with van der Waals surface area (Å²) in [5.74, 6) is -1.28. The average molecular weight is 398 g/mol. The molecule has 1 atom stereocenters. The van der Waals surface area contributed by atoms with E-state index in [9.17, 15) is 14.7 Å². The highest BCUT2D eigenvalue weighted by molar-refractivity contribution is 6.42. The van der Waals surface area contributed by atoms with E-state index in [1.807, 2.05) is 0 Å². The van der Waals surface area contributed by atoms with Crippen molar-refractivity contribution in [2.45, 2.75) is 6.42 Å². The lowest BCUT2D eigenvalue weighted by atomic mass is 9.88. The van der Waals surface area contributed by atoms with Crippen molar-refractivity contribution in [1.82, 2.24) is 14.7 Å². The van der Waals surface area contributed by atoms with Gasteiger partial charge in [0, 0.05) is 26.4 Å². The van der Waals surface area contributed by atoms with Gasteiger partial charge in [-0.25, -0.2) is 4.68 Å². The van der Waals surface area contributed by atoms with Crippen LogP contribution in [0.4, 0.5) is 0 Å². The second-order valence-electron chi connectivity index (χ2n) is 6.24. The van der Waals surface area contributed by atoms with Gasteiger partial charge in [0.2, 0.25) is 0 Å². The quantitative estimate of drug-likeness (QED) is 0.838. The summed E-state index contributed by atoms with van der Waals surface area (Å²) in [6, 6.07) is 6.62. The van der Waals surface area contributed by atoms with Crippen LogP contribution in [0, 0.1) is 5.41 Å². The highest BCUT2D eigenvalue weighted by Gasteiger charge is 2.46. The van der Waals surface area contributed by atoms with Crippen molar-refractivity contribution >= 4 is 35.1 Å². The molecule has 1 aromatic carbocycles. The molecular weight excluding hydrogens is 381 g/mol. The van der Waals surface area contributed by atoms with Gasteiger partial charge in [0.1, 0.15) is 5.41 Å². The molecule has 0 saturated carbocycles. The van der Waals surface area contributed by atoms with Crippen molar-refractivity contribution < 1.29 is 19.4 Å². The molecule has 1 amide bonds. The maximum absolute atomic E-state index is 12.7. The summed E-state index contributed by atoms with van der Waals surface area (Å²) in [6.07, 6.45) is 1.98. The van der Waals surface area contributed by atoms with Crippen molar-refractivity contribution in [2.24, 2.45) is 5.41 Å². The second kappa shape index (κ2) is 7.26. The van der Waals surface area contributed by atoms with E-state index in [-0.39, 0.29) is 24.8 Å². The second-order valence-corrected chi connectivity index (χ2v) is 7.05. The predicted molar refractivity (Wildman–Crippen MR) is 96.0 cm³/mol. The van der Waals surface area contributed by atoms with Crippen LogP contribution in [0.1, 0.15) is 16.9 Å². The average Bonchev–Trinajstić information content (AvgIpc) is 3.25. The van der Waals surface area contributed by atoms with Crippen LogP contribution in [0.5, 0.6) is 0 Å². The molecule has 2 heterocycles. The Labute approximate surface area is 160 Å². The Kier molecular flexibility index (Phi) is 5.22. The fourth-order valence-electron chi connectivity index (χ4n) is 3.05. The van der Waals surface area contributed by atoms with Gasteiger partial charge in [0.15, 0.2) is 5.69 Å². The van der Waals surface area contributed by atoms with Gasteiger partial charge < -0.3 is 14.7 Å². The van der Waals surface area contributed by atoms with Crippen LogP contribution in [0.15, 0.2) is 30.5 Å². The van der Waals surface area contributed by atoms with E-state index < -0.39 is 11.4 Å². The third-order valence-electron chi connectivity index (χ3n) is 4.49.